The second kappa shape index (κ2) is 9.12. The lowest BCUT2D eigenvalue weighted by atomic mass is 10.1. The number of amides is 1. The lowest BCUT2D eigenvalue weighted by molar-refractivity contribution is 0.0742. The molecule has 1 amide bonds. The maximum Gasteiger partial charge on any atom is 0.254 e. The van der Waals surface area contributed by atoms with Crippen molar-refractivity contribution in [3.05, 3.63) is 70.1 Å². The van der Waals surface area contributed by atoms with Crippen LogP contribution in [-0.4, -0.2) is 28.5 Å². The summed E-state index contributed by atoms with van der Waals surface area (Å²) in [5, 5.41) is 0. The van der Waals surface area contributed by atoms with Gasteiger partial charge in [-0.15, -0.1) is 12.4 Å². The van der Waals surface area contributed by atoms with Crippen molar-refractivity contribution in [1.29, 1.82) is 0 Å². The highest BCUT2D eigenvalue weighted by molar-refractivity contribution is 5.94. The Kier molecular flexibility index (Phi) is 7.51. The van der Waals surface area contributed by atoms with Crippen molar-refractivity contribution < 1.29 is 4.79 Å². The summed E-state index contributed by atoms with van der Waals surface area (Å²) in [6, 6.07) is 12.8. The van der Waals surface area contributed by atoms with E-state index in [0.717, 1.165) is 12.0 Å². The topological polar surface area (TPSA) is 68.3 Å². The Bertz CT molecular complexity index is 686. The molecule has 6 heteroatoms. The molecule has 0 aliphatic heterocycles. The molecule has 124 valence electrons. The van der Waals surface area contributed by atoms with E-state index in [-0.39, 0.29) is 23.9 Å². The molecule has 1 aromatic heterocycles. The number of halogens is 1. The molecule has 0 unspecified atom stereocenters. The molecule has 0 aliphatic carbocycles. The first kappa shape index (κ1) is 18.9. The van der Waals surface area contributed by atoms with Crippen LogP contribution in [0.2, 0.25) is 0 Å². The van der Waals surface area contributed by atoms with Crippen molar-refractivity contribution in [2.45, 2.75) is 13.0 Å². The SMILES string of the molecule is Cl.Cn1ccc(C(=O)N(CCCN)Cc2ccccc2)cc1=O. The summed E-state index contributed by atoms with van der Waals surface area (Å²) < 4.78 is 1.44. The van der Waals surface area contributed by atoms with Crippen LogP contribution in [0.4, 0.5) is 0 Å². The summed E-state index contributed by atoms with van der Waals surface area (Å²) in [6.45, 7) is 1.60. The van der Waals surface area contributed by atoms with Gasteiger partial charge in [0.15, 0.2) is 0 Å². The van der Waals surface area contributed by atoms with Gasteiger partial charge >= 0.3 is 0 Å². The Morgan fingerprint density at radius 2 is 1.91 bits per heavy atom. The fraction of sp³-hybridized carbons (Fsp3) is 0.294. The zero-order valence-electron chi connectivity index (χ0n) is 13.1. The van der Waals surface area contributed by atoms with Crippen molar-refractivity contribution in [2.24, 2.45) is 12.8 Å². The van der Waals surface area contributed by atoms with E-state index in [9.17, 15) is 9.59 Å². The maximum atomic E-state index is 12.7. The molecular formula is C17H22ClN3O2. The minimum Gasteiger partial charge on any atom is -0.334 e. The molecule has 0 atom stereocenters. The number of nitrogens with zero attached hydrogens (tertiary/aromatic N) is 2. The van der Waals surface area contributed by atoms with Crippen molar-refractivity contribution in [1.82, 2.24) is 9.47 Å². The van der Waals surface area contributed by atoms with Gasteiger partial charge in [-0.3, -0.25) is 9.59 Å². The molecule has 5 nitrogen and oxygen atoms in total. The van der Waals surface area contributed by atoms with Gasteiger partial charge in [-0.2, -0.15) is 0 Å². The van der Waals surface area contributed by atoms with Crippen molar-refractivity contribution in [2.75, 3.05) is 13.1 Å². The van der Waals surface area contributed by atoms with Crippen LogP contribution in [0, 0.1) is 0 Å². The first-order valence-electron chi connectivity index (χ1n) is 7.32. The van der Waals surface area contributed by atoms with E-state index >= 15 is 0 Å². The van der Waals surface area contributed by atoms with E-state index in [0.29, 0.717) is 25.2 Å². The number of carbonyl (C=O) groups excluding carboxylic acids is 1. The number of nitrogens with two attached hydrogens (primary N) is 1. The van der Waals surface area contributed by atoms with Crippen molar-refractivity contribution in [3.8, 4) is 0 Å². The third-order valence-electron chi connectivity index (χ3n) is 3.49. The van der Waals surface area contributed by atoms with E-state index in [4.69, 9.17) is 5.73 Å². The van der Waals surface area contributed by atoms with Crippen LogP contribution < -0.4 is 11.3 Å². The van der Waals surface area contributed by atoms with Gasteiger partial charge in [0.25, 0.3) is 11.5 Å². The van der Waals surface area contributed by atoms with Gasteiger partial charge in [0.1, 0.15) is 0 Å². The van der Waals surface area contributed by atoms with E-state index in [1.54, 1.807) is 24.2 Å². The molecule has 2 N–H and O–H groups in total. The van der Waals surface area contributed by atoms with E-state index in [1.807, 2.05) is 30.3 Å². The lowest BCUT2D eigenvalue weighted by Gasteiger charge is -2.23. The van der Waals surface area contributed by atoms with Crippen LogP contribution in [-0.2, 0) is 13.6 Å². The summed E-state index contributed by atoms with van der Waals surface area (Å²) in [4.78, 5) is 26.1. The standard InChI is InChI=1S/C17H21N3O2.ClH/c1-19-11-8-15(12-16(19)21)17(22)20(10-5-9-18)13-14-6-3-2-4-7-14;/h2-4,6-8,11-12H,5,9-10,13,18H2,1H3;1H. The Balaban J connectivity index is 0.00000264. The van der Waals surface area contributed by atoms with Gasteiger partial charge < -0.3 is 15.2 Å². The number of aromatic nitrogens is 1. The molecule has 0 aliphatic rings. The number of rotatable bonds is 6. The van der Waals surface area contributed by atoms with Crippen molar-refractivity contribution in [3.63, 3.8) is 0 Å². The zero-order valence-corrected chi connectivity index (χ0v) is 14.0. The fourth-order valence-electron chi connectivity index (χ4n) is 2.20. The monoisotopic (exact) mass is 335 g/mol. The molecule has 1 heterocycles. The molecule has 0 radical (unpaired) electrons. The van der Waals surface area contributed by atoms with Gasteiger partial charge in [-0.1, -0.05) is 30.3 Å². The summed E-state index contributed by atoms with van der Waals surface area (Å²) in [5.74, 6) is -0.144. The highest BCUT2D eigenvalue weighted by atomic mass is 35.5. The highest BCUT2D eigenvalue weighted by Crippen LogP contribution is 2.09. The molecule has 0 bridgehead atoms. The average molecular weight is 336 g/mol. The Morgan fingerprint density at radius 3 is 2.52 bits per heavy atom. The van der Waals surface area contributed by atoms with Gasteiger partial charge in [0, 0.05) is 38.0 Å². The smallest absolute Gasteiger partial charge is 0.254 e. The summed E-state index contributed by atoms with van der Waals surface area (Å²) in [7, 11) is 1.66. The summed E-state index contributed by atoms with van der Waals surface area (Å²) in [6.07, 6.45) is 2.34. The van der Waals surface area contributed by atoms with Crippen LogP contribution in [0.3, 0.4) is 0 Å². The minimum atomic E-state index is -0.190. The summed E-state index contributed by atoms with van der Waals surface area (Å²) in [5.41, 5.74) is 6.84. The van der Waals surface area contributed by atoms with Crippen LogP contribution in [0.15, 0.2) is 53.5 Å². The Labute approximate surface area is 142 Å². The fourth-order valence-corrected chi connectivity index (χ4v) is 2.20. The second-order valence-electron chi connectivity index (χ2n) is 5.22. The normalized spacial score (nSPS) is 10.0. The lowest BCUT2D eigenvalue weighted by Crippen LogP contribution is -2.33. The molecule has 2 rings (SSSR count). The number of benzene rings is 1. The molecular weight excluding hydrogens is 314 g/mol. The molecule has 0 saturated carbocycles. The molecule has 0 fully saturated rings. The molecule has 0 saturated heterocycles. The first-order chi connectivity index (χ1) is 10.6. The first-order valence-corrected chi connectivity index (χ1v) is 7.32. The quantitative estimate of drug-likeness (QED) is 0.875. The number of pyridine rings is 1. The van der Waals surface area contributed by atoms with Crippen LogP contribution in [0.25, 0.3) is 0 Å². The predicted octanol–water partition coefficient (Wildman–Crippen LogP) is 1.80. The van der Waals surface area contributed by atoms with Gasteiger partial charge in [0.05, 0.1) is 0 Å². The average Bonchev–Trinajstić information content (AvgIpc) is 2.54. The third kappa shape index (κ3) is 5.23. The molecule has 1 aromatic carbocycles. The Morgan fingerprint density at radius 1 is 1.22 bits per heavy atom. The van der Waals surface area contributed by atoms with Gasteiger partial charge in [-0.25, -0.2) is 0 Å². The van der Waals surface area contributed by atoms with Gasteiger partial charge in [-0.05, 0) is 24.6 Å². The van der Waals surface area contributed by atoms with E-state index < -0.39 is 0 Å². The molecule has 23 heavy (non-hydrogen) atoms. The number of aryl methyl sites for hydroxylation is 1. The maximum absolute atomic E-state index is 12.7. The van der Waals surface area contributed by atoms with E-state index in [1.165, 1.54) is 10.6 Å². The predicted molar refractivity (Wildman–Crippen MR) is 93.8 cm³/mol. The third-order valence-corrected chi connectivity index (χ3v) is 3.49. The minimum absolute atomic E-state index is 0. The van der Waals surface area contributed by atoms with Crippen molar-refractivity contribution >= 4 is 18.3 Å². The zero-order chi connectivity index (χ0) is 15.9. The number of carbonyl (C=O) groups is 1. The Hall–Kier alpha value is -2.11. The molecule has 2 aromatic rings. The number of hydrogen-bond acceptors (Lipinski definition) is 3. The summed E-state index contributed by atoms with van der Waals surface area (Å²) >= 11 is 0. The van der Waals surface area contributed by atoms with Gasteiger partial charge in [0.2, 0.25) is 0 Å². The van der Waals surface area contributed by atoms with Crippen LogP contribution >= 0.6 is 12.4 Å². The largest absolute Gasteiger partial charge is 0.334 e. The number of hydrogen-bond donors (Lipinski definition) is 1. The van der Waals surface area contributed by atoms with Crippen LogP contribution in [0.1, 0.15) is 22.3 Å². The second-order valence-corrected chi connectivity index (χ2v) is 5.22. The highest BCUT2D eigenvalue weighted by Gasteiger charge is 2.16. The van der Waals surface area contributed by atoms with Crippen LogP contribution in [0.5, 0.6) is 0 Å². The van der Waals surface area contributed by atoms with E-state index in [2.05, 4.69) is 0 Å². The molecule has 0 spiro atoms.